The van der Waals surface area contributed by atoms with Gasteiger partial charge in [-0.25, -0.2) is 8.42 Å². The van der Waals surface area contributed by atoms with Crippen LogP contribution in [0, 0.1) is 0 Å². The molecular weight excluding hydrogens is 471 g/mol. The van der Waals surface area contributed by atoms with Gasteiger partial charge in [0.1, 0.15) is 6.54 Å². The van der Waals surface area contributed by atoms with Crippen LogP contribution in [0.2, 0.25) is 10.0 Å². The molecule has 0 atom stereocenters. The quantitative estimate of drug-likeness (QED) is 0.489. The van der Waals surface area contributed by atoms with Crippen LogP contribution in [-0.4, -0.2) is 47.7 Å². The zero-order valence-corrected chi connectivity index (χ0v) is 18.9. The standard InChI is InChI=1S/C19H20Cl2N2O7S/c1-28-16-6-3-12(7-17(16)29-2)9-22-18(24)11-30-19(25)10-23-31(26,27)13-4-5-14(20)15(21)8-13/h3-8,23H,9-11H2,1-2H3,(H,22,24). The number of methoxy groups -OCH3 is 2. The number of carbonyl (C=O) groups is 2. The third-order valence-electron chi connectivity index (χ3n) is 3.91. The van der Waals surface area contributed by atoms with E-state index in [-0.39, 0.29) is 21.5 Å². The lowest BCUT2D eigenvalue weighted by Gasteiger charge is -2.11. The first-order chi connectivity index (χ1) is 14.7. The van der Waals surface area contributed by atoms with Crippen LogP contribution in [0.1, 0.15) is 5.56 Å². The number of amides is 1. The van der Waals surface area contributed by atoms with Crippen molar-refractivity contribution in [2.75, 3.05) is 27.4 Å². The van der Waals surface area contributed by atoms with Crippen LogP contribution in [0.4, 0.5) is 0 Å². The van der Waals surface area contributed by atoms with Crippen LogP contribution < -0.4 is 19.5 Å². The van der Waals surface area contributed by atoms with Gasteiger partial charge in [-0.2, -0.15) is 4.72 Å². The normalized spacial score (nSPS) is 11.0. The monoisotopic (exact) mass is 490 g/mol. The van der Waals surface area contributed by atoms with Crippen LogP contribution in [0.5, 0.6) is 11.5 Å². The zero-order valence-electron chi connectivity index (χ0n) is 16.6. The number of benzene rings is 2. The van der Waals surface area contributed by atoms with E-state index in [9.17, 15) is 18.0 Å². The summed E-state index contributed by atoms with van der Waals surface area (Å²) < 4.78 is 41.5. The maximum Gasteiger partial charge on any atom is 0.321 e. The molecule has 0 aromatic heterocycles. The van der Waals surface area contributed by atoms with Crippen molar-refractivity contribution in [3.05, 3.63) is 52.0 Å². The van der Waals surface area contributed by atoms with Crippen LogP contribution in [-0.2, 0) is 30.9 Å². The summed E-state index contributed by atoms with van der Waals surface area (Å²) in [6, 6.07) is 8.84. The topological polar surface area (TPSA) is 120 Å². The van der Waals surface area contributed by atoms with Gasteiger partial charge in [-0.05, 0) is 35.9 Å². The van der Waals surface area contributed by atoms with Crippen molar-refractivity contribution in [2.24, 2.45) is 0 Å². The van der Waals surface area contributed by atoms with Crippen molar-refractivity contribution >= 4 is 45.1 Å². The highest BCUT2D eigenvalue weighted by atomic mass is 35.5. The number of ether oxygens (including phenoxy) is 3. The highest BCUT2D eigenvalue weighted by molar-refractivity contribution is 7.89. The van der Waals surface area contributed by atoms with E-state index < -0.39 is 35.1 Å². The number of esters is 1. The number of carbonyl (C=O) groups excluding carboxylic acids is 2. The minimum Gasteiger partial charge on any atom is -0.493 e. The number of halogens is 2. The third-order valence-corrected chi connectivity index (χ3v) is 6.05. The summed E-state index contributed by atoms with van der Waals surface area (Å²) in [5.74, 6) is -0.426. The van der Waals surface area contributed by atoms with Crippen LogP contribution in [0.25, 0.3) is 0 Å². The van der Waals surface area contributed by atoms with Crippen molar-refractivity contribution in [3.8, 4) is 11.5 Å². The molecule has 0 radical (unpaired) electrons. The number of hydrogen-bond acceptors (Lipinski definition) is 7. The summed E-state index contributed by atoms with van der Waals surface area (Å²) in [5.41, 5.74) is 0.742. The summed E-state index contributed by atoms with van der Waals surface area (Å²) in [5, 5.41) is 2.82. The van der Waals surface area contributed by atoms with E-state index in [4.69, 9.17) is 37.4 Å². The zero-order chi connectivity index (χ0) is 23.0. The molecule has 0 bridgehead atoms. The molecule has 12 heteroatoms. The molecule has 0 aliphatic carbocycles. The first-order valence-electron chi connectivity index (χ1n) is 8.74. The molecule has 2 aromatic rings. The summed E-state index contributed by atoms with van der Waals surface area (Å²) in [6.07, 6.45) is 0. The summed E-state index contributed by atoms with van der Waals surface area (Å²) in [4.78, 5) is 23.5. The number of sulfonamides is 1. The lowest BCUT2D eigenvalue weighted by molar-refractivity contribution is -0.147. The Balaban J connectivity index is 1.79. The molecular formula is C19H20Cl2N2O7S. The molecule has 0 saturated carbocycles. The van der Waals surface area contributed by atoms with Gasteiger partial charge >= 0.3 is 5.97 Å². The van der Waals surface area contributed by atoms with Crippen molar-refractivity contribution in [1.82, 2.24) is 10.0 Å². The minimum atomic E-state index is -4.01. The van der Waals surface area contributed by atoms with E-state index in [1.54, 1.807) is 18.2 Å². The maximum atomic E-state index is 12.2. The minimum absolute atomic E-state index is 0.0540. The molecule has 0 heterocycles. The summed E-state index contributed by atoms with van der Waals surface area (Å²) in [7, 11) is -1.00. The van der Waals surface area contributed by atoms with Gasteiger partial charge in [-0.3, -0.25) is 9.59 Å². The Morgan fingerprint density at radius 3 is 2.32 bits per heavy atom. The van der Waals surface area contributed by atoms with E-state index in [1.807, 2.05) is 0 Å². The summed E-state index contributed by atoms with van der Waals surface area (Å²) >= 11 is 11.6. The molecule has 1 amide bonds. The van der Waals surface area contributed by atoms with Crippen LogP contribution >= 0.6 is 23.2 Å². The van der Waals surface area contributed by atoms with Crippen LogP contribution in [0.15, 0.2) is 41.3 Å². The van der Waals surface area contributed by atoms with E-state index in [1.165, 1.54) is 26.4 Å². The first kappa shape index (κ1) is 24.7. The predicted octanol–water partition coefficient (Wildman–Crippen LogP) is 2.15. The molecule has 0 saturated heterocycles. The number of nitrogens with one attached hydrogen (secondary N) is 2. The fraction of sp³-hybridized carbons (Fsp3) is 0.263. The van der Waals surface area contributed by atoms with Gasteiger partial charge in [0, 0.05) is 6.54 Å². The van der Waals surface area contributed by atoms with E-state index in [2.05, 4.69) is 10.0 Å². The second-order valence-corrected chi connectivity index (χ2v) is 8.61. The average molecular weight is 491 g/mol. The number of rotatable bonds is 10. The Kier molecular flexibility index (Phi) is 8.93. The molecule has 0 aliphatic heterocycles. The van der Waals surface area contributed by atoms with E-state index in [0.29, 0.717) is 11.5 Å². The smallest absolute Gasteiger partial charge is 0.321 e. The van der Waals surface area contributed by atoms with Gasteiger partial charge in [-0.1, -0.05) is 29.3 Å². The largest absolute Gasteiger partial charge is 0.493 e. The van der Waals surface area contributed by atoms with Gasteiger partial charge in [0.25, 0.3) is 5.91 Å². The van der Waals surface area contributed by atoms with E-state index >= 15 is 0 Å². The fourth-order valence-corrected chi connectivity index (χ4v) is 3.68. The second kappa shape index (κ2) is 11.2. The molecule has 0 aliphatic rings. The van der Waals surface area contributed by atoms with E-state index in [0.717, 1.165) is 11.6 Å². The Morgan fingerprint density at radius 1 is 0.968 bits per heavy atom. The van der Waals surface area contributed by atoms with Crippen molar-refractivity contribution in [2.45, 2.75) is 11.4 Å². The van der Waals surface area contributed by atoms with Crippen molar-refractivity contribution < 1.29 is 32.2 Å². The van der Waals surface area contributed by atoms with Gasteiger partial charge in [0.05, 0.1) is 29.2 Å². The highest BCUT2D eigenvalue weighted by Crippen LogP contribution is 2.27. The maximum absolute atomic E-state index is 12.2. The molecule has 0 fully saturated rings. The molecule has 9 nitrogen and oxygen atoms in total. The number of hydrogen-bond donors (Lipinski definition) is 2. The van der Waals surface area contributed by atoms with Gasteiger partial charge in [0.15, 0.2) is 18.1 Å². The molecule has 2 N–H and O–H groups in total. The van der Waals surface area contributed by atoms with Gasteiger partial charge in [-0.15, -0.1) is 0 Å². The Bertz CT molecular complexity index is 1060. The summed E-state index contributed by atoms with van der Waals surface area (Å²) in [6.45, 7) is -1.06. The molecule has 0 unspecified atom stereocenters. The molecule has 0 spiro atoms. The van der Waals surface area contributed by atoms with Crippen LogP contribution in [0.3, 0.4) is 0 Å². The Labute approximate surface area is 189 Å². The molecule has 2 aromatic carbocycles. The predicted molar refractivity (Wildman–Crippen MR) is 114 cm³/mol. The molecule has 168 valence electrons. The Hall–Kier alpha value is -2.53. The van der Waals surface area contributed by atoms with Gasteiger partial charge in [0.2, 0.25) is 10.0 Å². The molecule has 2 rings (SSSR count). The molecule has 31 heavy (non-hydrogen) atoms. The van der Waals surface area contributed by atoms with Gasteiger partial charge < -0.3 is 19.5 Å². The average Bonchev–Trinajstić information content (AvgIpc) is 2.76. The SMILES string of the molecule is COc1ccc(CNC(=O)COC(=O)CNS(=O)(=O)c2ccc(Cl)c(Cl)c2)cc1OC. The lowest BCUT2D eigenvalue weighted by atomic mass is 10.2. The lowest BCUT2D eigenvalue weighted by Crippen LogP contribution is -2.33. The van der Waals surface area contributed by atoms with Crippen molar-refractivity contribution in [1.29, 1.82) is 0 Å². The second-order valence-electron chi connectivity index (χ2n) is 6.03. The Morgan fingerprint density at radius 2 is 1.68 bits per heavy atom. The third kappa shape index (κ3) is 7.28. The fourth-order valence-electron chi connectivity index (χ4n) is 2.32. The highest BCUT2D eigenvalue weighted by Gasteiger charge is 2.18. The van der Waals surface area contributed by atoms with Crippen molar-refractivity contribution in [3.63, 3.8) is 0 Å². The first-order valence-corrected chi connectivity index (χ1v) is 11.0.